The Labute approximate surface area is 343 Å². The lowest BCUT2D eigenvalue weighted by atomic mass is 10.1. The Morgan fingerprint density at radius 1 is 0.850 bits per heavy atom. The molecule has 6 heterocycles. The number of alkyl carbamates (subject to hydrolysis) is 2. The van der Waals surface area contributed by atoms with Crippen LogP contribution in [0.5, 0.6) is 0 Å². The summed E-state index contributed by atoms with van der Waals surface area (Å²) < 4.78 is 9.54. The van der Waals surface area contributed by atoms with E-state index < -0.39 is 18.2 Å². The predicted octanol–water partition coefficient (Wildman–Crippen LogP) is 4.49. The van der Waals surface area contributed by atoms with E-state index in [0.717, 1.165) is 52.7 Å². The highest BCUT2D eigenvalue weighted by molar-refractivity contribution is 6.00. The Morgan fingerprint density at radius 3 is 2.30 bits per heavy atom. The summed E-state index contributed by atoms with van der Waals surface area (Å²) >= 11 is 0. The Kier molecular flexibility index (Phi) is 11.4. The zero-order chi connectivity index (χ0) is 41.6. The van der Waals surface area contributed by atoms with Crippen molar-refractivity contribution in [1.29, 1.82) is 0 Å². The van der Waals surface area contributed by atoms with Gasteiger partial charge in [0.1, 0.15) is 23.4 Å². The summed E-state index contributed by atoms with van der Waals surface area (Å²) in [5, 5.41) is 5.21. The maximum Gasteiger partial charge on any atom is 0.411 e. The minimum Gasteiger partial charge on any atom is -0.453 e. The summed E-state index contributed by atoms with van der Waals surface area (Å²) in [4.78, 5) is 85.4. The molecule has 0 radical (unpaired) electrons. The molecule has 2 aliphatic heterocycles. The number of nitrogens with one attached hydrogen (secondary N) is 6. The number of H-pyrrole nitrogens is 4. The third-order valence-electron chi connectivity index (χ3n) is 10.5. The number of benzene rings is 2. The number of amides is 4. The molecule has 6 N–H and O–H groups in total. The quantitative estimate of drug-likeness (QED) is 0.0839. The summed E-state index contributed by atoms with van der Waals surface area (Å²) in [5.74, 6) is 7.22. The van der Waals surface area contributed by atoms with Crippen LogP contribution in [-0.2, 0) is 25.5 Å². The van der Waals surface area contributed by atoms with Crippen molar-refractivity contribution in [3.05, 3.63) is 114 Å². The summed E-state index contributed by atoms with van der Waals surface area (Å²) in [7, 11) is 2.50. The topological polar surface area (TPSA) is 232 Å². The van der Waals surface area contributed by atoms with Gasteiger partial charge in [0.05, 0.1) is 73.8 Å². The second-order valence-corrected chi connectivity index (χ2v) is 14.4. The van der Waals surface area contributed by atoms with Crippen molar-refractivity contribution < 1.29 is 28.7 Å². The molecule has 3 atom stereocenters. The number of imidazole rings is 4. The van der Waals surface area contributed by atoms with Gasteiger partial charge in [-0.25, -0.2) is 29.5 Å². The third kappa shape index (κ3) is 8.60. The van der Waals surface area contributed by atoms with Gasteiger partial charge >= 0.3 is 12.2 Å². The van der Waals surface area contributed by atoms with Crippen molar-refractivity contribution in [2.75, 3.05) is 27.3 Å². The molecule has 2 saturated heterocycles. The van der Waals surface area contributed by atoms with E-state index in [4.69, 9.17) is 14.5 Å². The number of carbonyl (C=O) groups is 4. The fourth-order valence-corrected chi connectivity index (χ4v) is 7.59. The van der Waals surface area contributed by atoms with Gasteiger partial charge in [-0.3, -0.25) is 14.9 Å². The molecule has 18 heteroatoms. The normalized spacial score (nSPS) is 16.9. The van der Waals surface area contributed by atoms with E-state index in [1.54, 1.807) is 28.4 Å². The minimum atomic E-state index is -0.842. The first-order valence-corrected chi connectivity index (χ1v) is 19.4. The molecule has 2 aromatic carbocycles. The molecule has 6 aromatic rings. The number of fused-ring (bicyclic) bond motifs is 1. The van der Waals surface area contributed by atoms with Crippen molar-refractivity contribution in [2.24, 2.45) is 0 Å². The Hall–Kier alpha value is -7.68. The number of aromatic nitrogens is 8. The molecule has 0 aliphatic carbocycles. The molecule has 60 heavy (non-hydrogen) atoms. The summed E-state index contributed by atoms with van der Waals surface area (Å²) in [6.07, 6.45) is 11.3. The average Bonchev–Trinajstić information content (AvgIpc) is 4.12. The number of hydrogen-bond donors (Lipinski definition) is 6. The molecule has 4 aromatic heterocycles. The number of aromatic amines is 4. The Bertz CT molecular complexity index is 2580. The van der Waals surface area contributed by atoms with Crippen LogP contribution in [0.4, 0.5) is 9.59 Å². The van der Waals surface area contributed by atoms with Gasteiger partial charge in [0, 0.05) is 42.5 Å². The van der Waals surface area contributed by atoms with Crippen molar-refractivity contribution in [3.8, 4) is 23.1 Å². The maximum atomic E-state index is 13.8. The molecular formula is C42H42N12O6. The van der Waals surface area contributed by atoms with E-state index in [0.29, 0.717) is 42.5 Å². The number of rotatable bonds is 10. The Balaban J connectivity index is 0.932. The number of hydrogen-bond acceptors (Lipinski definition) is 10. The standard InChI is InChI=1S/C42H42N12O6/c1-59-41(57)51-32(18-28-20-43-23-46-28)39(55)53-15-3-5-35(53)37-45-22-34(50-37)27-12-9-25(10-13-27)7-8-26-11-14-30-31(17-26)49-38(48-30)36-6-4-16-54(36)40(56)33(52-42(58)60-2)19-29-21-44-24-47-29/h9-14,17-18,20-24,33,35-36H,3-6,15-16,19H2,1-2H3,(H,43,46)(H,44,47)(H,45,50)(H,48,49)(H,51,57)(H,52,58)/b32-18-/t33-,35-,36-/m0/s1. The molecule has 8 rings (SSSR count). The number of nitrogens with zero attached hydrogens (tertiary/aromatic N) is 6. The molecule has 18 nitrogen and oxygen atoms in total. The Morgan fingerprint density at radius 2 is 1.57 bits per heavy atom. The van der Waals surface area contributed by atoms with Gasteiger partial charge < -0.3 is 44.5 Å². The lowest BCUT2D eigenvalue weighted by Gasteiger charge is -2.28. The van der Waals surface area contributed by atoms with Gasteiger partial charge in [-0.1, -0.05) is 24.0 Å². The van der Waals surface area contributed by atoms with Crippen LogP contribution >= 0.6 is 0 Å². The second kappa shape index (κ2) is 17.4. The van der Waals surface area contributed by atoms with Gasteiger partial charge in [0.15, 0.2) is 0 Å². The summed E-state index contributed by atoms with van der Waals surface area (Å²) in [5.41, 5.74) is 6.19. The second-order valence-electron chi connectivity index (χ2n) is 14.4. The van der Waals surface area contributed by atoms with Crippen LogP contribution < -0.4 is 10.6 Å². The predicted molar refractivity (Wildman–Crippen MR) is 217 cm³/mol. The van der Waals surface area contributed by atoms with Gasteiger partial charge in [0.25, 0.3) is 5.91 Å². The van der Waals surface area contributed by atoms with Crippen LogP contribution in [0.2, 0.25) is 0 Å². The SMILES string of the molecule is COC(=O)N/C(=C\c1cnc[nH]1)C(=O)N1CCC[C@H]1c1ncc(-c2ccc(C#Cc3ccc4nc([C@@H]5CCCN5C(=O)[C@H](Cc5cnc[nH]5)NC(=O)OC)[nH]c4c3)cc2)[nH]1. The van der Waals surface area contributed by atoms with Crippen molar-refractivity contribution in [3.63, 3.8) is 0 Å². The zero-order valence-electron chi connectivity index (χ0n) is 32.8. The van der Waals surface area contributed by atoms with Crippen molar-refractivity contribution >= 4 is 41.1 Å². The lowest BCUT2D eigenvalue weighted by molar-refractivity contribution is -0.134. The fraction of sp³-hybridized carbons (Fsp3) is 0.286. The molecule has 0 unspecified atom stereocenters. The number of likely N-dealkylation sites (tertiary alicyclic amines) is 2. The third-order valence-corrected chi connectivity index (χ3v) is 10.5. The van der Waals surface area contributed by atoms with Gasteiger partial charge in [-0.05, 0) is 67.7 Å². The van der Waals surface area contributed by atoms with Gasteiger partial charge in [-0.2, -0.15) is 0 Å². The average molecular weight is 811 g/mol. The highest BCUT2D eigenvalue weighted by Crippen LogP contribution is 2.34. The number of carbonyl (C=O) groups excluding carboxylic acids is 4. The van der Waals surface area contributed by atoms with E-state index in [-0.39, 0.29) is 36.0 Å². The molecule has 306 valence electrons. The first kappa shape index (κ1) is 39.2. The van der Waals surface area contributed by atoms with Crippen molar-refractivity contribution in [1.82, 2.24) is 60.3 Å². The van der Waals surface area contributed by atoms with Crippen LogP contribution in [0.1, 0.15) is 71.9 Å². The number of methoxy groups -OCH3 is 2. The smallest absolute Gasteiger partial charge is 0.411 e. The number of ether oxygens (including phenoxy) is 2. The van der Waals surface area contributed by atoms with Crippen LogP contribution in [0.15, 0.2) is 79.4 Å². The van der Waals surface area contributed by atoms with Crippen molar-refractivity contribution in [2.45, 2.75) is 50.2 Å². The first-order chi connectivity index (χ1) is 29.3. The van der Waals surface area contributed by atoms with Crippen LogP contribution in [0, 0.1) is 11.8 Å². The van der Waals surface area contributed by atoms with Crippen LogP contribution in [0.3, 0.4) is 0 Å². The monoisotopic (exact) mass is 810 g/mol. The van der Waals surface area contributed by atoms with E-state index in [2.05, 4.69) is 57.4 Å². The molecule has 0 spiro atoms. The fourth-order valence-electron chi connectivity index (χ4n) is 7.59. The summed E-state index contributed by atoms with van der Waals surface area (Å²) in [6.45, 7) is 1.03. The highest BCUT2D eigenvalue weighted by atomic mass is 16.5. The minimum absolute atomic E-state index is 0.0586. The molecule has 4 amide bonds. The zero-order valence-corrected chi connectivity index (χ0v) is 32.8. The highest BCUT2D eigenvalue weighted by Gasteiger charge is 2.37. The molecular weight excluding hydrogens is 769 g/mol. The molecule has 2 aliphatic rings. The maximum absolute atomic E-state index is 13.8. The van der Waals surface area contributed by atoms with Gasteiger partial charge in [-0.15, -0.1) is 0 Å². The van der Waals surface area contributed by atoms with Gasteiger partial charge in [0.2, 0.25) is 5.91 Å². The molecule has 0 bridgehead atoms. The van der Waals surface area contributed by atoms with E-state index in [1.165, 1.54) is 33.0 Å². The largest absolute Gasteiger partial charge is 0.453 e. The van der Waals surface area contributed by atoms with Crippen LogP contribution in [-0.4, -0.2) is 107 Å². The summed E-state index contributed by atoms with van der Waals surface area (Å²) in [6, 6.07) is 12.1. The van der Waals surface area contributed by atoms with Crippen LogP contribution in [0.25, 0.3) is 28.4 Å². The van der Waals surface area contributed by atoms with E-state index >= 15 is 0 Å². The lowest BCUT2D eigenvalue weighted by Crippen LogP contribution is -2.49. The molecule has 0 saturated carbocycles. The van der Waals surface area contributed by atoms with E-state index in [1.807, 2.05) is 42.5 Å². The molecule has 2 fully saturated rings. The van der Waals surface area contributed by atoms with E-state index in [9.17, 15) is 19.2 Å². The first-order valence-electron chi connectivity index (χ1n) is 19.4.